The van der Waals surface area contributed by atoms with Crippen LogP contribution in [0.1, 0.15) is 24.0 Å². The Kier molecular flexibility index (Phi) is 4.49. The summed E-state index contributed by atoms with van der Waals surface area (Å²) in [7, 11) is 0. The third-order valence-electron chi connectivity index (χ3n) is 3.88. The predicted molar refractivity (Wildman–Crippen MR) is 76.4 cm³/mol. The van der Waals surface area contributed by atoms with Crippen LogP contribution in [0.4, 0.5) is 5.69 Å². The number of piperidine rings is 1. The Labute approximate surface area is 115 Å². The SMILES string of the molecule is Cl.OC1CCN(Cc2cccc3c2NCC3)CC1. The zero-order chi connectivity index (χ0) is 11.7. The van der Waals surface area contributed by atoms with E-state index in [4.69, 9.17) is 0 Å². The molecule has 0 aliphatic carbocycles. The minimum absolute atomic E-state index is 0. The molecule has 100 valence electrons. The Morgan fingerprint density at radius 2 is 2.06 bits per heavy atom. The van der Waals surface area contributed by atoms with Crippen molar-refractivity contribution in [3.63, 3.8) is 0 Å². The Hall–Kier alpha value is -0.770. The highest BCUT2D eigenvalue weighted by atomic mass is 35.5. The molecule has 1 aromatic carbocycles. The fourth-order valence-corrected chi connectivity index (χ4v) is 2.86. The first-order valence-electron chi connectivity index (χ1n) is 6.58. The number of nitrogens with one attached hydrogen (secondary N) is 1. The van der Waals surface area contributed by atoms with Crippen molar-refractivity contribution < 1.29 is 5.11 Å². The lowest BCUT2D eigenvalue weighted by atomic mass is 10.0. The van der Waals surface area contributed by atoms with Gasteiger partial charge in [0.25, 0.3) is 0 Å². The minimum Gasteiger partial charge on any atom is -0.393 e. The maximum absolute atomic E-state index is 9.51. The molecule has 0 spiro atoms. The van der Waals surface area contributed by atoms with E-state index >= 15 is 0 Å². The molecule has 0 unspecified atom stereocenters. The van der Waals surface area contributed by atoms with E-state index in [2.05, 4.69) is 28.4 Å². The van der Waals surface area contributed by atoms with Crippen LogP contribution in [0, 0.1) is 0 Å². The van der Waals surface area contributed by atoms with Gasteiger partial charge < -0.3 is 10.4 Å². The van der Waals surface area contributed by atoms with Gasteiger partial charge in [0.15, 0.2) is 0 Å². The number of anilines is 1. The lowest BCUT2D eigenvalue weighted by Gasteiger charge is -2.30. The fourth-order valence-electron chi connectivity index (χ4n) is 2.86. The highest BCUT2D eigenvalue weighted by molar-refractivity contribution is 5.85. The zero-order valence-electron chi connectivity index (χ0n) is 10.6. The van der Waals surface area contributed by atoms with Crippen molar-refractivity contribution in [1.29, 1.82) is 0 Å². The Balaban J connectivity index is 0.00000120. The first-order chi connectivity index (χ1) is 8.33. The van der Waals surface area contributed by atoms with E-state index in [1.165, 1.54) is 16.8 Å². The normalized spacial score (nSPS) is 20.1. The molecule has 0 atom stereocenters. The van der Waals surface area contributed by atoms with E-state index < -0.39 is 0 Å². The standard InChI is InChI=1S/C14H20N2O.ClH/c17-13-5-8-16(9-6-13)10-12-3-1-2-11-4-7-15-14(11)12;/h1-3,13,15,17H,4-10H2;1H. The number of benzene rings is 1. The summed E-state index contributed by atoms with van der Waals surface area (Å²) in [4.78, 5) is 2.45. The van der Waals surface area contributed by atoms with Gasteiger partial charge in [0.2, 0.25) is 0 Å². The zero-order valence-corrected chi connectivity index (χ0v) is 11.4. The van der Waals surface area contributed by atoms with Crippen LogP contribution in [0.15, 0.2) is 18.2 Å². The number of aliphatic hydroxyl groups excluding tert-OH is 1. The number of hydrogen-bond donors (Lipinski definition) is 2. The summed E-state index contributed by atoms with van der Waals surface area (Å²) in [6.45, 7) is 4.13. The molecule has 0 aromatic heterocycles. The van der Waals surface area contributed by atoms with Gasteiger partial charge in [-0.25, -0.2) is 0 Å². The molecule has 18 heavy (non-hydrogen) atoms. The molecule has 4 heteroatoms. The van der Waals surface area contributed by atoms with E-state index in [1.807, 2.05) is 0 Å². The van der Waals surface area contributed by atoms with Crippen LogP contribution in [-0.4, -0.2) is 35.7 Å². The topological polar surface area (TPSA) is 35.5 Å². The van der Waals surface area contributed by atoms with Crippen molar-refractivity contribution in [3.8, 4) is 0 Å². The molecule has 2 aliphatic heterocycles. The minimum atomic E-state index is -0.0779. The molecule has 3 rings (SSSR count). The van der Waals surface area contributed by atoms with Crippen molar-refractivity contribution in [2.45, 2.75) is 31.9 Å². The molecule has 0 bridgehead atoms. The lowest BCUT2D eigenvalue weighted by molar-refractivity contribution is 0.0793. The second-order valence-electron chi connectivity index (χ2n) is 5.14. The number of rotatable bonds is 2. The van der Waals surface area contributed by atoms with Gasteiger partial charge in [-0.3, -0.25) is 4.90 Å². The quantitative estimate of drug-likeness (QED) is 0.862. The van der Waals surface area contributed by atoms with Crippen molar-refractivity contribution in [3.05, 3.63) is 29.3 Å². The molecule has 0 saturated carbocycles. The molecule has 2 N–H and O–H groups in total. The van der Waals surface area contributed by atoms with Gasteiger partial charge in [-0.1, -0.05) is 18.2 Å². The van der Waals surface area contributed by atoms with Gasteiger partial charge in [-0.2, -0.15) is 0 Å². The molecule has 2 aliphatic rings. The molecule has 1 saturated heterocycles. The van der Waals surface area contributed by atoms with Crippen molar-refractivity contribution in [2.75, 3.05) is 25.0 Å². The van der Waals surface area contributed by atoms with Crippen LogP contribution in [0.5, 0.6) is 0 Å². The number of aliphatic hydroxyl groups is 1. The number of halogens is 1. The van der Waals surface area contributed by atoms with Crippen LogP contribution in [0.25, 0.3) is 0 Å². The highest BCUT2D eigenvalue weighted by Crippen LogP contribution is 2.28. The van der Waals surface area contributed by atoms with Crippen LogP contribution in [0.3, 0.4) is 0 Å². The van der Waals surface area contributed by atoms with Crippen molar-refractivity contribution >= 4 is 18.1 Å². The van der Waals surface area contributed by atoms with Gasteiger partial charge in [-0.15, -0.1) is 12.4 Å². The first-order valence-corrected chi connectivity index (χ1v) is 6.58. The summed E-state index contributed by atoms with van der Waals surface area (Å²) in [5.74, 6) is 0. The molecule has 0 radical (unpaired) electrons. The number of likely N-dealkylation sites (tertiary alicyclic amines) is 1. The average molecular weight is 269 g/mol. The summed E-state index contributed by atoms with van der Waals surface area (Å²) in [6, 6.07) is 6.61. The van der Waals surface area contributed by atoms with Crippen LogP contribution < -0.4 is 5.32 Å². The number of nitrogens with zero attached hydrogens (tertiary/aromatic N) is 1. The van der Waals surface area contributed by atoms with E-state index in [9.17, 15) is 5.11 Å². The van der Waals surface area contributed by atoms with Gasteiger partial charge in [0.1, 0.15) is 0 Å². The van der Waals surface area contributed by atoms with E-state index in [0.29, 0.717) is 0 Å². The molecule has 2 heterocycles. The summed E-state index contributed by atoms with van der Waals surface area (Å²) >= 11 is 0. The van der Waals surface area contributed by atoms with Gasteiger partial charge >= 0.3 is 0 Å². The van der Waals surface area contributed by atoms with Crippen LogP contribution in [-0.2, 0) is 13.0 Å². The first kappa shape index (κ1) is 13.7. The third kappa shape index (κ3) is 2.79. The largest absolute Gasteiger partial charge is 0.393 e. The predicted octanol–water partition coefficient (Wildman–Crippen LogP) is 2.03. The molecule has 1 fully saturated rings. The van der Waals surface area contributed by atoms with Gasteiger partial charge in [0.05, 0.1) is 6.10 Å². The molecule has 0 amide bonds. The Morgan fingerprint density at radius 1 is 1.28 bits per heavy atom. The number of fused-ring (bicyclic) bond motifs is 1. The third-order valence-corrected chi connectivity index (χ3v) is 3.88. The fraction of sp³-hybridized carbons (Fsp3) is 0.571. The van der Waals surface area contributed by atoms with E-state index in [1.54, 1.807) is 0 Å². The maximum atomic E-state index is 9.51. The van der Waals surface area contributed by atoms with Crippen LogP contribution >= 0.6 is 12.4 Å². The Morgan fingerprint density at radius 3 is 2.83 bits per heavy atom. The summed E-state index contributed by atoms with van der Waals surface area (Å²) in [5.41, 5.74) is 4.23. The lowest BCUT2D eigenvalue weighted by Crippen LogP contribution is -2.35. The maximum Gasteiger partial charge on any atom is 0.0564 e. The van der Waals surface area contributed by atoms with Crippen LogP contribution in [0.2, 0.25) is 0 Å². The Bertz CT molecular complexity index is 403. The van der Waals surface area contributed by atoms with Crippen molar-refractivity contribution in [2.24, 2.45) is 0 Å². The van der Waals surface area contributed by atoms with E-state index in [-0.39, 0.29) is 18.5 Å². The monoisotopic (exact) mass is 268 g/mol. The van der Waals surface area contributed by atoms with Crippen molar-refractivity contribution in [1.82, 2.24) is 4.90 Å². The van der Waals surface area contributed by atoms with E-state index in [0.717, 1.165) is 45.4 Å². The highest BCUT2D eigenvalue weighted by Gasteiger charge is 2.19. The summed E-state index contributed by atoms with van der Waals surface area (Å²) in [6.07, 6.45) is 2.91. The molecule has 3 nitrogen and oxygen atoms in total. The average Bonchev–Trinajstić information content (AvgIpc) is 2.81. The number of para-hydroxylation sites is 1. The smallest absolute Gasteiger partial charge is 0.0564 e. The molecule has 1 aromatic rings. The molecular formula is C14H21ClN2O. The van der Waals surface area contributed by atoms with Gasteiger partial charge in [0, 0.05) is 31.9 Å². The summed E-state index contributed by atoms with van der Waals surface area (Å²) in [5, 5.41) is 13.0. The van der Waals surface area contributed by atoms with Gasteiger partial charge in [-0.05, 0) is 30.4 Å². The summed E-state index contributed by atoms with van der Waals surface area (Å²) < 4.78 is 0. The second kappa shape index (κ2) is 5.91. The number of hydrogen-bond acceptors (Lipinski definition) is 3. The molecular weight excluding hydrogens is 248 g/mol. The second-order valence-corrected chi connectivity index (χ2v) is 5.14.